The quantitative estimate of drug-likeness (QED) is 0.628. The smallest absolute Gasteiger partial charge is 0.492 e. The Morgan fingerprint density at radius 3 is 2.40 bits per heavy atom. The average molecular weight is 222 g/mol. The zero-order valence-corrected chi connectivity index (χ0v) is 8.44. The van der Waals surface area contributed by atoms with E-state index < -0.39 is 7.12 Å². The summed E-state index contributed by atoms with van der Waals surface area (Å²) in [4.78, 5) is 0. The van der Waals surface area contributed by atoms with E-state index in [0.717, 1.165) is 5.39 Å². The monoisotopic (exact) mass is 222 g/mol. The van der Waals surface area contributed by atoms with Crippen molar-refractivity contribution in [1.29, 1.82) is 0 Å². The van der Waals surface area contributed by atoms with E-state index in [1.165, 1.54) is 6.07 Å². The van der Waals surface area contributed by atoms with Gasteiger partial charge in [-0.25, -0.2) is 0 Å². The molecule has 0 heterocycles. The van der Waals surface area contributed by atoms with Crippen molar-refractivity contribution in [2.45, 2.75) is 0 Å². The van der Waals surface area contributed by atoms with Crippen LogP contribution in [-0.4, -0.2) is 22.3 Å². The van der Waals surface area contributed by atoms with E-state index in [1.807, 2.05) is 0 Å². The van der Waals surface area contributed by atoms with Crippen LogP contribution in [0.3, 0.4) is 0 Å². The highest BCUT2D eigenvalue weighted by Gasteiger charge is 2.17. The number of hydrogen-bond acceptors (Lipinski definition) is 3. The van der Waals surface area contributed by atoms with E-state index in [-0.39, 0.29) is 11.2 Å². The summed E-state index contributed by atoms with van der Waals surface area (Å²) in [5, 5.41) is 29.5. The van der Waals surface area contributed by atoms with Crippen molar-refractivity contribution in [2.24, 2.45) is 0 Å². The highest BCUT2D eigenvalue weighted by molar-refractivity contribution is 6.60. The van der Waals surface area contributed by atoms with Gasteiger partial charge in [0.15, 0.2) is 0 Å². The number of hydrogen-bond donors (Lipinski definition) is 3. The second-order valence-corrected chi connectivity index (χ2v) is 3.68. The second-order valence-electron chi connectivity index (χ2n) is 3.24. The van der Waals surface area contributed by atoms with Crippen molar-refractivity contribution < 1.29 is 15.2 Å². The summed E-state index contributed by atoms with van der Waals surface area (Å²) in [5.41, 5.74) is 0.0739. The van der Waals surface area contributed by atoms with E-state index in [2.05, 4.69) is 0 Å². The van der Waals surface area contributed by atoms with Gasteiger partial charge in [0.05, 0.1) is 0 Å². The van der Waals surface area contributed by atoms with E-state index in [4.69, 9.17) is 21.6 Å². The van der Waals surface area contributed by atoms with E-state index in [1.54, 1.807) is 24.3 Å². The highest BCUT2D eigenvalue weighted by Crippen LogP contribution is 2.25. The molecule has 0 saturated carbocycles. The molecule has 0 radical (unpaired) electrons. The summed E-state index contributed by atoms with van der Waals surface area (Å²) in [5.74, 6) is -0.148. The molecule has 0 bridgehead atoms. The minimum atomic E-state index is -1.69. The Bertz CT molecular complexity index is 513. The topological polar surface area (TPSA) is 60.7 Å². The third-order valence-electron chi connectivity index (χ3n) is 2.26. The largest absolute Gasteiger partial charge is 0.508 e. The number of fused-ring (bicyclic) bond motifs is 1. The van der Waals surface area contributed by atoms with E-state index >= 15 is 0 Å². The summed E-state index contributed by atoms with van der Waals surface area (Å²) in [7, 11) is -1.69. The Morgan fingerprint density at radius 1 is 1.07 bits per heavy atom. The number of halogens is 1. The molecule has 2 aromatic rings. The van der Waals surface area contributed by atoms with Crippen LogP contribution >= 0.6 is 11.6 Å². The lowest BCUT2D eigenvalue weighted by molar-refractivity contribution is 0.420. The maximum absolute atomic E-state index is 9.77. The van der Waals surface area contributed by atoms with Crippen LogP contribution in [-0.2, 0) is 0 Å². The van der Waals surface area contributed by atoms with Crippen LogP contribution in [0.25, 0.3) is 10.8 Å². The van der Waals surface area contributed by atoms with Crippen molar-refractivity contribution >= 4 is 35.0 Å². The normalized spacial score (nSPS) is 10.6. The van der Waals surface area contributed by atoms with Gasteiger partial charge in [-0.1, -0.05) is 29.8 Å². The maximum Gasteiger partial charge on any atom is 0.492 e. The SMILES string of the molecule is OB(O)c1ccc2ccc(Cl)cc2c1O. The molecule has 3 N–H and O–H groups in total. The van der Waals surface area contributed by atoms with Gasteiger partial charge in [0.2, 0.25) is 0 Å². The standard InChI is InChI=1S/C10H8BClO3/c12-7-3-1-6-2-4-9(11(14)15)10(13)8(6)5-7/h1-5,13-15H. The number of phenolic OH excluding ortho intramolecular Hbond substituents is 1. The fraction of sp³-hybridized carbons (Fsp3) is 0. The zero-order chi connectivity index (χ0) is 11.0. The van der Waals surface area contributed by atoms with Crippen LogP contribution in [0.5, 0.6) is 5.75 Å². The highest BCUT2D eigenvalue weighted by atomic mass is 35.5. The molecule has 15 heavy (non-hydrogen) atoms. The predicted molar refractivity (Wildman–Crippen MR) is 60.4 cm³/mol. The number of rotatable bonds is 1. The fourth-order valence-corrected chi connectivity index (χ4v) is 1.67. The minimum Gasteiger partial charge on any atom is -0.508 e. The molecular weight excluding hydrogens is 214 g/mol. The first-order valence-electron chi connectivity index (χ1n) is 4.37. The summed E-state index contributed by atoms with van der Waals surface area (Å²) < 4.78 is 0. The van der Waals surface area contributed by atoms with Crippen LogP contribution in [0, 0.1) is 0 Å². The lowest BCUT2D eigenvalue weighted by Crippen LogP contribution is -2.29. The van der Waals surface area contributed by atoms with Gasteiger partial charge < -0.3 is 15.2 Å². The van der Waals surface area contributed by atoms with Crippen molar-refractivity contribution in [2.75, 3.05) is 0 Å². The predicted octanol–water partition coefficient (Wildman–Crippen LogP) is 0.879. The summed E-state index contributed by atoms with van der Waals surface area (Å²) >= 11 is 5.79. The molecule has 2 rings (SSSR count). The van der Waals surface area contributed by atoms with Crippen molar-refractivity contribution in [3.05, 3.63) is 35.4 Å². The van der Waals surface area contributed by atoms with Gasteiger partial charge in [-0.15, -0.1) is 0 Å². The first kappa shape index (κ1) is 10.3. The molecule has 0 atom stereocenters. The molecular formula is C10H8BClO3. The van der Waals surface area contributed by atoms with Crippen molar-refractivity contribution in [3.8, 4) is 5.75 Å². The summed E-state index contributed by atoms with van der Waals surface area (Å²) in [6.45, 7) is 0. The average Bonchev–Trinajstić information content (AvgIpc) is 2.19. The molecule has 0 spiro atoms. The van der Waals surface area contributed by atoms with E-state index in [0.29, 0.717) is 10.4 Å². The van der Waals surface area contributed by atoms with Crippen LogP contribution in [0.4, 0.5) is 0 Å². The van der Waals surface area contributed by atoms with Crippen molar-refractivity contribution in [1.82, 2.24) is 0 Å². The molecule has 3 nitrogen and oxygen atoms in total. The van der Waals surface area contributed by atoms with Crippen molar-refractivity contribution in [3.63, 3.8) is 0 Å². The fourth-order valence-electron chi connectivity index (χ4n) is 1.50. The minimum absolute atomic E-state index is 0.0739. The van der Waals surface area contributed by atoms with Crippen LogP contribution in [0.1, 0.15) is 0 Å². The molecule has 0 aliphatic rings. The van der Waals surface area contributed by atoms with Gasteiger partial charge in [-0.05, 0) is 17.5 Å². The maximum atomic E-state index is 9.77. The Labute approximate surface area is 91.7 Å². The van der Waals surface area contributed by atoms with Crippen LogP contribution in [0.2, 0.25) is 5.02 Å². The Balaban J connectivity index is 2.77. The van der Waals surface area contributed by atoms with Gasteiger partial charge in [-0.2, -0.15) is 0 Å². The molecule has 0 amide bonds. The first-order valence-corrected chi connectivity index (χ1v) is 4.74. The molecule has 0 saturated heterocycles. The lowest BCUT2D eigenvalue weighted by atomic mass is 9.78. The van der Waals surface area contributed by atoms with Gasteiger partial charge in [0.1, 0.15) is 5.75 Å². The molecule has 2 aromatic carbocycles. The van der Waals surface area contributed by atoms with Gasteiger partial charge in [0, 0.05) is 15.9 Å². The lowest BCUT2D eigenvalue weighted by Gasteiger charge is -2.07. The molecule has 0 fully saturated rings. The Hall–Kier alpha value is -1.23. The number of benzene rings is 2. The molecule has 0 unspecified atom stereocenters. The third-order valence-corrected chi connectivity index (χ3v) is 2.50. The molecule has 5 heteroatoms. The third kappa shape index (κ3) is 1.79. The van der Waals surface area contributed by atoms with Crippen LogP contribution < -0.4 is 5.46 Å². The molecule has 0 aromatic heterocycles. The summed E-state index contributed by atoms with van der Waals surface area (Å²) in [6.07, 6.45) is 0. The molecule has 0 aliphatic heterocycles. The first-order chi connectivity index (χ1) is 7.09. The number of phenols is 1. The molecule has 0 aliphatic carbocycles. The zero-order valence-electron chi connectivity index (χ0n) is 7.68. The van der Waals surface area contributed by atoms with E-state index in [9.17, 15) is 5.11 Å². The van der Waals surface area contributed by atoms with Gasteiger partial charge in [0.25, 0.3) is 0 Å². The second kappa shape index (κ2) is 3.74. The van der Waals surface area contributed by atoms with Gasteiger partial charge in [-0.3, -0.25) is 0 Å². The number of aromatic hydroxyl groups is 1. The van der Waals surface area contributed by atoms with Crippen LogP contribution in [0.15, 0.2) is 30.3 Å². The van der Waals surface area contributed by atoms with Gasteiger partial charge >= 0.3 is 7.12 Å². The summed E-state index contributed by atoms with van der Waals surface area (Å²) in [6, 6.07) is 8.21. The Morgan fingerprint density at radius 2 is 1.73 bits per heavy atom. The molecule has 76 valence electrons. The Kier molecular flexibility index (Phi) is 2.56.